The molecule has 0 radical (unpaired) electrons. The second-order valence-corrected chi connectivity index (χ2v) is 11.3. The fraction of sp³-hybridized carbons (Fsp3) is 0.619. The number of sulfonamides is 1. The lowest BCUT2D eigenvalue weighted by Crippen LogP contribution is -2.37. The highest BCUT2D eigenvalue weighted by atomic mass is 32.2. The maximum atomic E-state index is 13.0. The van der Waals surface area contributed by atoms with Gasteiger partial charge in [-0.2, -0.15) is 4.31 Å². The van der Waals surface area contributed by atoms with Gasteiger partial charge in [-0.25, -0.2) is 8.42 Å². The van der Waals surface area contributed by atoms with Gasteiger partial charge in [0.15, 0.2) is 0 Å². The molecule has 1 aliphatic heterocycles. The maximum absolute atomic E-state index is 13.0. The molecule has 1 saturated carbocycles. The fourth-order valence-electron chi connectivity index (χ4n) is 4.34. The molecule has 2 aromatic rings. The molecule has 0 atom stereocenters. The molecule has 152 valence electrons. The Hall–Kier alpha value is -1.31. The van der Waals surface area contributed by atoms with Crippen LogP contribution in [-0.2, 0) is 16.4 Å². The zero-order valence-electron chi connectivity index (χ0n) is 16.7. The third kappa shape index (κ3) is 4.16. The van der Waals surface area contributed by atoms with E-state index in [-0.39, 0.29) is 0 Å². The lowest BCUT2D eigenvalue weighted by molar-refractivity contribution is 0.318. The molecule has 5 nitrogen and oxygen atoms in total. The molecular weight excluding hydrogens is 390 g/mol. The molecular formula is C21H29N3O2S2. The van der Waals surface area contributed by atoms with Crippen molar-refractivity contribution < 1.29 is 8.42 Å². The van der Waals surface area contributed by atoms with Gasteiger partial charge in [-0.1, -0.05) is 31.7 Å². The first-order valence-electron chi connectivity index (χ1n) is 10.3. The standard InChI is InChI=1S/C21H29N3O2S2/c1-15-7-8-19(13-16(15)2)28(25,26)24-11-9-18(10-12-24)21-23-22-20(27-21)14-17-5-3-4-6-17/h7-8,13,17-18H,3-6,9-12,14H2,1-2H3. The first kappa shape index (κ1) is 20.0. The van der Waals surface area contributed by atoms with Crippen LogP contribution in [0.5, 0.6) is 0 Å². The molecule has 2 heterocycles. The van der Waals surface area contributed by atoms with Crippen LogP contribution in [-0.4, -0.2) is 36.0 Å². The Morgan fingerprint density at radius 3 is 2.43 bits per heavy atom. The van der Waals surface area contributed by atoms with Crippen LogP contribution in [0, 0.1) is 19.8 Å². The van der Waals surface area contributed by atoms with Crippen molar-refractivity contribution >= 4 is 21.4 Å². The second-order valence-electron chi connectivity index (χ2n) is 8.31. The largest absolute Gasteiger partial charge is 0.243 e. The Kier molecular flexibility index (Phi) is 5.86. The third-order valence-electron chi connectivity index (χ3n) is 6.34. The Balaban J connectivity index is 1.39. The number of rotatable bonds is 5. The highest BCUT2D eigenvalue weighted by Gasteiger charge is 2.31. The summed E-state index contributed by atoms with van der Waals surface area (Å²) in [5, 5.41) is 11.1. The predicted octanol–water partition coefficient (Wildman–Crippen LogP) is 4.46. The monoisotopic (exact) mass is 419 g/mol. The molecule has 0 bridgehead atoms. The van der Waals surface area contributed by atoms with Crippen LogP contribution in [0.3, 0.4) is 0 Å². The topological polar surface area (TPSA) is 63.2 Å². The first-order chi connectivity index (χ1) is 13.4. The molecule has 7 heteroatoms. The summed E-state index contributed by atoms with van der Waals surface area (Å²) in [6.45, 7) is 5.06. The normalized spacial score (nSPS) is 20.1. The molecule has 4 rings (SSSR count). The lowest BCUT2D eigenvalue weighted by Gasteiger charge is -2.30. The van der Waals surface area contributed by atoms with Crippen LogP contribution < -0.4 is 0 Å². The summed E-state index contributed by atoms with van der Waals surface area (Å²) in [5.74, 6) is 1.12. The predicted molar refractivity (Wildman–Crippen MR) is 112 cm³/mol. The van der Waals surface area contributed by atoms with Crippen molar-refractivity contribution in [3.05, 3.63) is 39.3 Å². The zero-order valence-corrected chi connectivity index (χ0v) is 18.4. The summed E-state index contributed by atoms with van der Waals surface area (Å²) in [6, 6.07) is 5.41. The quantitative estimate of drug-likeness (QED) is 0.718. The maximum Gasteiger partial charge on any atom is 0.243 e. The first-order valence-corrected chi connectivity index (χ1v) is 12.6. The third-order valence-corrected chi connectivity index (χ3v) is 9.34. The average Bonchev–Trinajstić information content (AvgIpc) is 3.36. The van der Waals surface area contributed by atoms with Gasteiger partial charge >= 0.3 is 0 Å². The zero-order chi connectivity index (χ0) is 19.7. The van der Waals surface area contributed by atoms with E-state index >= 15 is 0 Å². The second kappa shape index (κ2) is 8.20. The Morgan fingerprint density at radius 2 is 1.75 bits per heavy atom. The van der Waals surface area contributed by atoms with E-state index in [0.29, 0.717) is 23.9 Å². The van der Waals surface area contributed by atoms with Crippen molar-refractivity contribution in [2.45, 2.75) is 69.6 Å². The van der Waals surface area contributed by atoms with Crippen LogP contribution in [0.15, 0.2) is 23.1 Å². The molecule has 1 aromatic heterocycles. The Bertz CT molecular complexity index is 925. The molecule has 0 spiro atoms. The van der Waals surface area contributed by atoms with E-state index in [1.165, 1.54) is 25.7 Å². The molecule has 2 aliphatic rings. The summed E-state index contributed by atoms with van der Waals surface area (Å²) in [7, 11) is -3.42. The van der Waals surface area contributed by atoms with Crippen LogP contribution >= 0.6 is 11.3 Å². The average molecular weight is 420 g/mol. The number of nitrogens with zero attached hydrogens (tertiary/aromatic N) is 3. The summed E-state index contributed by atoms with van der Waals surface area (Å²) in [5.41, 5.74) is 2.13. The van der Waals surface area contributed by atoms with Gasteiger partial charge in [0.05, 0.1) is 4.90 Å². The van der Waals surface area contributed by atoms with Crippen LogP contribution in [0.25, 0.3) is 0 Å². The molecule has 1 saturated heterocycles. The smallest absolute Gasteiger partial charge is 0.207 e. The van der Waals surface area contributed by atoms with E-state index < -0.39 is 10.0 Å². The van der Waals surface area contributed by atoms with Crippen LogP contribution in [0.4, 0.5) is 0 Å². The lowest BCUT2D eigenvalue weighted by atomic mass is 9.99. The summed E-state index contributed by atoms with van der Waals surface area (Å²) < 4.78 is 27.6. The summed E-state index contributed by atoms with van der Waals surface area (Å²) in [6.07, 6.45) is 8.06. The number of piperidine rings is 1. The van der Waals surface area contributed by atoms with E-state index in [2.05, 4.69) is 10.2 Å². The van der Waals surface area contributed by atoms with Crippen molar-refractivity contribution in [1.29, 1.82) is 0 Å². The Morgan fingerprint density at radius 1 is 1.04 bits per heavy atom. The number of aryl methyl sites for hydroxylation is 2. The molecule has 0 N–H and O–H groups in total. The SMILES string of the molecule is Cc1ccc(S(=O)(=O)N2CCC(c3nnc(CC4CCCC4)s3)CC2)cc1C. The van der Waals surface area contributed by atoms with Crippen LogP contribution in [0.2, 0.25) is 0 Å². The number of hydrogen-bond acceptors (Lipinski definition) is 5. The summed E-state index contributed by atoms with van der Waals surface area (Å²) >= 11 is 1.74. The minimum atomic E-state index is -3.42. The van der Waals surface area contributed by atoms with E-state index in [9.17, 15) is 8.42 Å². The van der Waals surface area contributed by atoms with E-state index in [1.54, 1.807) is 27.8 Å². The van der Waals surface area contributed by atoms with Gasteiger partial charge in [-0.3, -0.25) is 0 Å². The van der Waals surface area contributed by atoms with Gasteiger partial charge in [0.1, 0.15) is 10.0 Å². The minimum absolute atomic E-state index is 0.334. The van der Waals surface area contributed by atoms with Crippen molar-refractivity contribution in [3.8, 4) is 0 Å². The van der Waals surface area contributed by atoms with Gasteiger partial charge in [0.2, 0.25) is 10.0 Å². The van der Waals surface area contributed by atoms with Gasteiger partial charge < -0.3 is 0 Å². The molecule has 2 fully saturated rings. The van der Waals surface area contributed by atoms with E-state index in [1.807, 2.05) is 19.9 Å². The molecule has 0 amide bonds. The van der Waals surface area contributed by atoms with Crippen molar-refractivity contribution in [1.82, 2.24) is 14.5 Å². The van der Waals surface area contributed by atoms with E-state index in [0.717, 1.165) is 46.3 Å². The Labute approximate surface area is 172 Å². The summed E-state index contributed by atoms with van der Waals surface area (Å²) in [4.78, 5) is 0.406. The van der Waals surface area contributed by atoms with Crippen molar-refractivity contribution in [2.75, 3.05) is 13.1 Å². The van der Waals surface area contributed by atoms with Crippen molar-refractivity contribution in [3.63, 3.8) is 0 Å². The molecule has 1 aromatic carbocycles. The van der Waals surface area contributed by atoms with Crippen LogP contribution in [0.1, 0.15) is 65.6 Å². The highest BCUT2D eigenvalue weighted by Crippen LogP contribution is 2.34. The molecule has 1 aliphatic carbocycles. The number of aromatic nitrogens is 2. The van der Waals surface area contributed by atoms with Gasteiger partial charge in [-0.15, -0.1) is 21.5 Å². The highest BCUT2D eigenvalue weighted by molar-refractivity contribution is 7.89. The van der Waals surface area contributed by atoms with Gasteiger partial charge in [0, 0.05) is 25.4 Å². The number of hydrogen-bond donors (Lipinski definition) is 0. The molecule has 0 unspecified atom stereocenters. The number of benzene rings is 1. The van der Waals surface area contributed by atoms with Crippen molar-refractivity contribution in [2.24, 2.45) is 5.92 Å². The molecule has 28 heavy (non-hydrogen) atoms. The van der Waals surface area contributed by atoms with Gasteiger partial charge in [0.25, 0.3) is 0 Å². The fourth-order valence-corrected chi connectivity index (χ4v) is 7.02. The minimum Gasteiger partial charge on any atom is -0.207 e. The van der Waals surface area contributed by atoms with E-state index in [4.69, 9.17) is 0 Å². The van der Waals surface area contributed by atoms with Gasteiger partial charge in [-0.05, 0) is 55.9 Å².